The predicted molar refractivity (Wildman–Crippen MR) is 53.3 cm³/mol. The van der Waals surface area contributed by atoms with Gasteiger partial charge in [-0.2, -0.15) is 5.26 Å². The van der Waals surface area contributed by atoms with Crippen LogP contribution in [-0.4, -0.2) is 23.7 Å². The highest BCUT2D eigenvalue weighted by Gasteiger charge is 2.32. The largest absolute Gasteiger partial charge is 0.394 e. The summed E-state index contributed by atoms with van der Waals surface area (Å²) >= 11 is 0. The van der Waals surface area contributed by atoms with Gasteiger partial charge in [-0.05, 0) is 19.8 Å². The third-order valence-corrected chi connectivity index (χ3v) is 2.50. The lowest BCUT2D eigenvalue weighted by Gasteiger charge is -2.22. The maximum atomic E-state index is 11.6. The average molecular weight is 198 g/mol. The number of carbonyl (C=O) groups is 1. The molecule has 0 fully saturated rings. The molecule has 0 aliphatic heterocycles. The Balaban J connectivity index is 4.40. The summed E-state index contributed by atoms with van der Waals surface area (Å²) in [6.45, 7) is 5.18. The molecule has 0 saturated carbocycles. The fraction of sp³-hybridized carbons (Fsp3) is 0.800. The average Bonchev–Trinajstić information content (AvgIpc) is 2.24. The Morgan fingerprint density at radius 1 is 1.64 bits per heavy atom. The first-order valence-electron chi connectivity index (χ1n) is 4.87. The van der Waals surface area contributed by atoms with Gasteiger partial charge in [-0.15, -0.1) is 0 Å². The van der Waals surface area contributed by atoms with Crippen LogP contribution in [0.1, 0.15) is 33.6 Å². The number of rotatable bonds is 5. The first kappa shape index (κ1) is 12.9. The van der Waals surface area contributed by atoms with Gasteiger partial charge in [0.1, 0.15) is 5.41 Å². The van der Waals surface area contributed by atoms with Gasteiger partial charge < -0.3 is 10.4 Å². The lowest BCUT2D eigenvalue weighted by Crippen LogP contribution is -2.44. The van der Waals surface area contributed by atoms with Gasteiger partial charge >= 0.3 is 0 Å². The van der Waals surface area contributed by atoms with Gasteiger partial charge in [0.2, 0.25) is 5.91 Å². The first-order chi connectivity index (χ1) is 6.53. The van der Waals surface area contributed by atoms with Crippen LogP contribution in [0, 0.1) is 16.7 Å². The number of aliphatic hydroxyl groups excluding tert-OH is 1. The van der Waals surface area contributed by atoms with Gasteiger partial charge in [0.05, 0.1) is 18.7 Å². The zero-order valence-electron chi connectivity index (χ0n) is 9.00. The molecule has 0 heterocycles. The number of amides is 1. The van der Waals surface area contributed by atoms with Crippen molar-refractivity contribution in [1.29, 1.82) is 5.26 Å². The molecular formula is C10H18N2O2. The molecule has 0 aromatic heterocycles. The van der Waals surface area contributed by atoms with E-state index < -0.39 is 5.41 Å². The number of nitrogens with zero attached hydrogens (tertiary/aromatic N) is 1. The van der Waals surface area contributed by atoms with Crippen LogP contribution in [-0.2, 0) is 4.79 Å². The number of nitrogens with one attached hydrogen (secondary N) is 1. The lowest BCUT2D eigenvalue weighted by atomic mass is 9.88. The van der Waals surface area contributed by atoms with Gasteiger partial charge in [0.15, 0.2) is 0 Å². The molecule has 0 aliphatic carbocycles. The second kappa shape index (κ2) is 5.61. The molecule has 0 aliphatic rings. The highest BCUT2D eigenvalue weighted by atomic mass is 16.3. The molecule has 2 atom stereocenters. The molecule has 0 spiro atoms. The number of aliphatic hydroxyl groups is 1. The van der Waals surface area contributed by atoms with E-state index in [0.29, 0.717) is 12.8 Å². The Bertz CT molecular complexity index is 231. The van der Waals surface area contributed by atoms with Crippen molar-refractivity contribution in [3.63, 3.8) is 0 Å². The van der Waals surface area contributed by atoms with Gasteiger partial charge in [0.25, 0.3) is 0 Å². The van der Waals surface area contributed by atoms with Crippen LogP contribution >= 0.6 is 0 Å². The lowest BCUT2D eigenvalue weighted by molar-refractivity contribution is -0.128. The molecule has 80 valence electrons. The van der Waals surface area contributed by atoms with Crippen LogP contribution in [0.5, 0.6) is 0 Å². The minimum Gasteiger partial charge on any atom is -0.394 e. The molecule has 0 saturated heterocycles. The van der Waals surface area contributed by atoms with Crippen molar-refractivity contribution in [2.75, 3.05) is 6.61 Å². The van der Waals surface area contributed by atoms with E-state index >= 15 is 0 Å². The summed E-state index contributed by atoms with van der Waals surface area (Å²) < 4.78 is 0. The zero-order valence-corrected chi connectivity index (χ0v) is 9.00. The van der Waals surface area contributed by atoms with Gasteiger partial charge in [-0.3, -0.25) is 4.79 Å². The zero-order chi connectivity index (χ0) is 11.2. The van der Waals surface area contributed by atoms with E-state index in [2.05, 4.69) is 5.32 Å². The Morgan fingerprint density at radius 3 is 2.50 bits per heavy atom. The van der Waals surface area contributed by atoms with Crippen LogP contribution in [0.3, 0.4) is 0 Å². The molecular weight excluding hydrogens is 180 g/mol. The molecule has 1 amide bonds. The predicted octanol–water partition coefficient (Wildman–Crippen LogP) is 0.813. The second-order valence-corrected chi connectivity index (χ2v) is 3.56. The Kier molecular flexibility index (Phi) is 5.18. The molecule has 2 unspecified atom stereocenters. The van der Waals surface area contributed by atoms with Gasteiger partial charge in [0, 0.05) is 0 Å². The van der Waals surface area contributed by atoms with E-state index in [4.69, 9.17) is 10.4 Å². The molecule has 0 bridgehead atoms. The maximum absolute atomic E-state index is 11.6. The van der Waals surface area contributed by atoms with E-state index in [9.17, 15) is 4.79 Å². The van der Waals surface area contributed by atoms with Gasteiger partial charge in [-0.1, -0.05) is 13.8 Å². The Hall–Kier alpha value is -1.08. The normalized spacial score (nSPS) is 16.5. The fourth-order valence-electron chi connectivity index (χ4n) is 0.912. The molecule has 0 aromatic rings. The number of carbonyl (C=O) groups excluding carboxylic acids is 1. The summed E-state index contributed by atoms with van der Waals surface area (Å²) in [5.74, 6) is -0.302. The fourth-order valence-corrected chi connectivity index (χ4v) is 0.912. The summed E-state index contributed by atoms with van der Waals surface area (Å²) in [5.41, 5.74) is -0.984. The van der Waals surface area contributed by atoms with Crippen molar-refractivity contribution < 1.29 is 9.90 Å². The summed E-state index contributed by atoms with van der Waals surface area (Å²) in [4.78, 5) is 11.6. The smallest absolute Gasteiger partial charge is 0.240 e. The molecule has 14 heavy (non-hydrogen) atoms. The molecule has 0 radical (unpaired) electrons. The minimum absolute atomic E-state index is 0.0898. The minimum atomic E-state index is -0.984. The Morgan fingerprint density at radius 2 is 2.21 bits per heavy atom. The standard InChI is InChI=1S/C10H18N2O2/c1-4-8(6-13)12-9(14)10(3,5-2)7-11/h8,13H,4-6H2,1-3H3,(H,12,14). The number of hydrogen-bond acceptors (Lipinski definition) is 3. The van der Waals surface area contributed by atoms with Crippen molar-refractivity contribution >= 4 is 5.91 Å². The summed E-state index contributed by atoms with van der Waals surface area (Å²) in [6.07, 6.45) is 1.13. The van der Waals surface area contributed by atoms with Crippen LogP contribution in [0.25, 0.3) is 0 Å². The van der Waals surface area contributed by atoms with E-state index in [1.807, 2.05) is 13.0 Å². The van der Waals surface area contributed by atoms with Crippen molar-refractivity contribution in [3.8, 4) is 6.07 Å². The third-order valence-electron chi connectivity index (χ3n) is 2.50. The molecule has 0 rings (SSSR count). The van der Waals surface area contributed by atoms with Gasteiger partial charge in [-0.25, -0.2) is 0 Å². The summed E-state index contributed by atoms with van der Waals surface area (Å²) in [7, 11) is 0. The number of hydrogen-bond donors (Lipinski definition) is 2. The van der Waals surface area contributed by atoms with Crippen LogP contribution < -0.4 is 5.32 Å². The van der Waals surface area contributed by atoms with Crippen molar-refractivity contribution in [2.24, 2.45) is 5.41 Å². The first-order valence-corrected chi connectivity index (χ1v) is 4.87. The second-order valence-electron chi connectivity index (χ2n) is 3.56. The van der Waals surface area contributed by atoms with E-state index in [0.717, 1.165) is 0 Å². The third kappa shape index (κ3) is 3.00. The SMILES string of the molecule is CCC(CO)NC(=O)C(C)(C#N)CC. The maximum Gasteiger partial charge on any atom is 0.240 e. The molecule has 0 aromatic carbocycles. The van der Waals surface area contributed by atoms with Crippen molar-refractivity contribution in [2.45, 2.75) is 39.7 Å². The molecule has 4 nitrogen and oxygen atoms in total. The monoisotopic (exact) mass is 198 g/mol. The van der Waals surface area contributed by atoms with E-state index in [1.54, 1.807) is 13.8 Å². The molecule has 4 heteroatoms. The highest BCUT2D eigenvalue weighted by Crippen LogP contribution is 2.19. The van der Waals surface area contributed by atoms with E-state index in [-0.39, 0.29) is 18.6 Å². The van der Waals surface area contributed by atoms with Crippen LogP contribution in [0.2, 0.25) is 0 Å². The molecule has 2 N–H and O–H groups in total. The number of nitriles is 1. The summed E-state index contributed by atoms with van der Waals surface area (Å²) in [6, 6.07) is 1.74. The summed E-state index contributed by atoms with van der Waals surface area (Å²) in [5, 5.41) is 20.4. The van der Waals surface area contributed by atoms with Crippen molar-refractivity contribution in [1.82, 2.24) is 5.32 Å². The van der Waals surface area contributed by atoms with E-state index in [1.165, 1.54) is 0 Å². The van der Waals surface area contributed by atoms with Crippen LogP contribution in [0.15, 0.2) is 0 Å². The highest BCUT2D eigenvalue weighted by molar-refractivity contribution is 5.85. The van der Waals surface area contributed by atoms with Crippen molar-refractivity contribution in [3.05, 3.63) is 0 Å². The Labute approximate surface area is 84.9 Å². The quantitative estimate of drug-likeness (QED) is 0.686. The topological polar surface area (TPSA) is 73.1 Å². The van der Waals surface area contributed by atoms with Crippen LogP contribution in [0.4, 0.5) is 0 Å².